The van der Waals surface area contributed by atoms with Gasteiger partial charge in [-0.1, -0.05) is 30.3 Å². The number of sulfonamides is 1. The molecule has 0 saturated carbocycles. The smallest absolute Gasteiger partial charge is 0.243 e. The molecule has 0 aliphatic carbocycles. The zero-order chi connectivity index (χ0) is 21.6. The number of aliphatic hydroxyl groups is 1. The van der Waals surface area contributed by atoms with Gasteiger partial charge in [-0.3, -0.25) is 4.79 Å². The third-order valence-corrected chi connectivity index (χ3v) is 7.84. The Labute approximate surface area is 180 Å². The quantitative estimate of drug-likeness (QED) is 0.618. The maximum Gasteiger partial charge on any atom is 0.243 e. The number of fused-ring (bicyclic) bond motifs is 1. The predicted octanol–water partition coefficient (Wildman–Crippen LogP) is 2.35. The van der Waals surface area contributed by atoms with E-state index in [0.717, 1.165) is 22.1 Å². The molecule has 0 spiro atoms. The van der Waals surface area contributed by atoms with Crippen LogP contribution in [-0.2, 0) is 14.8 Å². The van der Waals surface area contributed by atoms with Gasteiger partial charge in [-0.25, -0.2) is 8.42 Å². The minimum Gasteiger partial charge on any atom is -0.464 e. The minimum atomic E-state index is -3.65. The topological polar surface area (TPSA) is 91.1 Å². The molecule has 7 nitrogen and oxygen atoms in total. The standard InChI is InChI=1S/C23H22N2O5S/c26-15-21(16-4-2-1-3-5-16)23(27)24-11-18-13-25(14-19(18)12-24)31(28,29)20-6-7-22-17(10-20)8-9-30-22/h1-10,21,26H,11-15H2. The average Bonchev–Trinajstić information content (AvgIpc) is 3.49. The summed E-state index contributed by atoms with van der Waals surface area (Å²) in [5.74, 6) is -0.745. The predicted molar refractivity (Wildman–Crippen MR) is 115 cm³/mol. The number of hydrogen-bond donors (Lipinski definition) is 1. The van der Waals surface area contributed by atoms with Crippen LogP contribution in [0.2, 0.25) is 0 Å². The van der Waals surface area contributed by atoms with Gasteiger partial charge in [-0.15, -0.1) is 0 Å². The van der Waals surface area contributed by atoms with E-state index in [9.17, 15) is 18.3 Å². The summed E-state index contributed by atoms with van der Waals surface area (Å²) in [4.78, 5) is 14.9. The van der Waals surface area contributed by atoms with Crippen molar-refractivity contribution in [2.24, 2.45) is 0 Å². The molecule has 0 bridgehead atoms. The van der Waals surface area contributed by atoms with E-state index in [0.29, 0.717) is 18.7 Å². The van der Waals surface area contributed by atoms with Crippen LogP contribution in [0.15, 0.2) is 81.3 Å². The zero-order valence-electron chi connectivity index (χ0n) is 16.8. The largest absolute Gasteiger partial charge is 0.464 e. The number of rotatable bonds is 5. The Bertz CT molecular complexity index is 1260. The van der Waals surface area contributed by atoms with Crippen molar-refractivity contribution in [2.75, 3.05) is 32.8 Å². The van der Waals surface area contributed by atoms with Crippen LogP contribution in [0.3, 0.4) is 0 Å². The second-order valence-corrected chi connectivity index (χ2v) is 9.88. The van der Waals surface area contributed by atoms with Crippen molar-refractivity contribution in [3.63, 3.8) is 0 Å². The molecule has 0 saturated heterocycles. The third-order valence-electron chi connectivity index (χ3n) is 6.05. The highest BCUT2D eigenvalue weighted by atomic mass is 32.2. The van der Waals surface area contributed by atoms with Crippen molar-refractivity contribution in [3.05, 3.63) is 77.6 Å². The fourth-order valence-electron chi connectivity index (χ4n) is 4.36. The lowest BCUT2D eigenvalue weighted by atomic mass is 9.98. The first-order chi connectivity index (χ1) is 15.0. The lowest BCUT2D eigenvalue weighted by Gasteiger charge is -2.26. The second kappa shape index (κ2) is 7.64. The molecule has 1 aromatic heterocycles. The highest BCUT2D eigenvalue weighted by Gasteiger charge is 2.39. The van der Waals surface area contributed by atoms with Crippen molar-refractivity contribution >= 4 is 26.9 Å². The number of aliphatic hydroxyl groups excluding tert-OH is 1. The van der Waals surface area contributed by atoms with E-state index in [4.69, 9.17) is 4.42 Å². The van der Waals surface area contributed by atoms with Crippen molar-refractivity contribution in [3.8, 4) is 0 Å². The molecule has 3 aromatic rings. The van der Waals surface area contributed by atoms with Crippen LogP contribution in [0, 0.1) is 0 Å². The molecule has 2 aliphatic rings. The summed E-state index contributed by atoms with van der Waals surface area (Å²) in [7, 11) is -3.65. The van der Waals surface area contributed by atoms with Crippen LogP contribution in [0.5, 0.6) is 0 Å². The summed E-state index contributed by atoms with van der Waals surface area (Å²) in [6.45, 7) is 1.08. The third kappa shape index (κ3) is 3.46. The molecule has 5 rings (SSSR count). The summed E-state index contributed by atoms with van der Waals surface area (Å²) in [5, 5.41) is 10.5. The summed E-state index contributed by atoms with van der Waals surface area (Å²) in [5.41, 5.74) is 3.35. The Morgan fingerprint density at radius 1 is 1.00 bits per heavy atom. The van der Waals surface area contributed by atoms with E-state index < -0.39 is 15.9 Å². The van der Waals surface area contributed by atoms with Gasteiger partial charge in [-0.2, -0.15) is 4.31 Å². The van der Waals surface area contributed by atoms with Crippen LogP contribution in [-0.4, -0.2) is 61.4 Å². The SMILES string of the molecule is O=C(C(CO)c1ccccc1)N1CC2=C(C1)CN(S(=O)(=O)c1ccc3occc3c1)C2. The molecular formula is C23H22N2O5S. The van der Waals surface area contributed by atoms with Crippen molar-refractivity contribution in [1.29, 1.82) is 0 Å². The molecule has 1 amide bonds. The first kappa shape index (κ1) is 20.0. The van der Waals surface area contributed by atoms with Gasteiger partial charge < -0.3 is 14.4 Å². The van der Waals surface area contributed by atoms with Gasteiger partial charge in [0.1, 0.15) is 5.58 Å². The molecular weight excluding hydrogens is 416 g/mol. The number of nitrogens with zero attached hydrogens (tertiary/aromatic N) is 2. The molecule has 0 radical (unpaired) electrons. The van der Waals surface area contributed by atoms with Crippen molar-refractivity contribution in [2.45, 2.75) is 10.8 Å². The number of hydrogen-bond acceptors (Lipinski definition) is 5. The Morgan fingerprint density at radius 3 is 2.39 bits per heavy atom. The molecule has 2 aromatic carbocycles. The monoisotopic (exact) mass is 438 g/mol. The first-order valence-electron chi connectivity index (χ1n) is 10.1. The summed E-state index contributed by atoms with van der Waals surface area (Å²) in [6.07, 6.45) is 1.54. The Hall–Kier alpha value is -2.94. The molecule has 2 aliphatic heterocycles. The van der Waals surface area contributed by atoms with Crippen LogP contribution >= 0.6 is 0 Å². The fourth-order valence-corrected chi connectivity index (χ4v) is 5.82. The normalized spacial score (nSPS) is 18.0. The number of furan rings is 1. The summed E-state index contributed by atoms with van der Waals surface area (Å²) < 4.78 is 33.0. The molecule has 0 fully saturated rings. The van der Waals surface area contributed by atoms with Gasteiger partial charge in [0.15, 0.2) is 0 Å². The Balaban J connectivity index is 1.29. The van der Waals surface area contributed by atoms with Crippen LogP contribution in [0.25, 0.3) is 11.0 Å². The number of carbonyl (C=O) groups excluding carboxylic acids is 1. The zero-order valence-corrected chi connectivity index (χ0v) is 17.6. The number of carbonyl (C=O) groups is 1. The fraction of sp³-hybridized carbons (Fsp3) is 0.261. The number of amides is 1. The van der Waals surface area contributed by atoms with E-state index in [-0.39, 0.29) is 30.5 Å². The molecule has 160 valence electrons. The lowest BCUT2D eigenvalue weighted by molar-refractivity contribution is -0.132. The molecule has 1 atom stereocenters. The van der Waals surface area contributed by atoms with E-state index in [1.807, 2.05) is 30.3 Å². The van der Waals surface area contributed by atoms with E-state index in [1.54, 1.807) is 29.2 Å². The minimum absolute atomic E-state index is 0.136. The van der Waals surface area contributed by atoms with Crippen molar-refractivity contribution < 1.29 is 22.7 Å². The van der Waals surface area contributed by atoms with Gasteiger partial charge in [0.2, 0.25) is 15.9 Å². The highest BCUT2D eigenvalue weighted by Crippen LogP contribution is 2.32. The summed E-state index contributed by atoms with van der Waals surface area (Å²) >= 11 is 0. The maximum atomic E-state index is 13.1. The van der Waals surface area contributed by atoms with E-state index in [1.165, 1.54) is 10.6 Å². The van der Waals surface area contributed by atoms with E-state index in [2.05, 4.69) is 0 Å². The van der Waals surface area contributed by atoms with Gasteiger partial charge in [0.05, 0.1) is 23.7 Å². The molecule has 1 unspecified atom stereocenters. The van der Waals surface area contributed by atoms with Crippen LogP contribution in [0.4, 0.5) is 0 Å². The molecule has 1 N–H and O–H groups in total. The average molecular weight is 439 g/mol. The first-order valence-corrected chi connectivity index (χ1v) is 11.5. The molecule has 3 heterocycles. The van der Waals surface area contributed by atoms with Crippen molar-refractivity contribution in [1.82, 2.24) is 9.21 Å². The molecule has 8 heteroatoms. The lowest BCUT2D eigenvalue weighted by Crippen LogP contribution is -2.39. The highest BCUT2D eigenvalue weighted by molar-refractivity contribution is 7.89. The van der Waals surface area contributed by atoms with Gasteiger partial charge in [0.25, 0.3) is 0 Å². The number of benzene rings is 2. The Morgan fingerprint density at radius 2 is 1.71 bits per heavy atom. The van der Waals surface area contributed by atoms with Gasteiger partial charge in [0, 0.05) is 31.6 Å². The van der Waals surface area contributed by atoms with Crippen LogP contribution < -0.4 is 0 Å². The van der Waals surface area contributed by atoms with Gasteiger partial charge >= 0.3 is 0 Å². The van der Waals surface area contributed by atoms with Gasteiger partial charge in [-0.05, 0) is 41.0 Å². The van der Waals surface area contributed by atoms with Crippen LogP contribution in [0.1, 0.15) is 11.5 Å². The summed E-state index contributed by atoms with van der Waals surface area (Å²) in [6, 6.07) is 15.8. The maximum absolute atomic E-state index is 13.1. The Kier molecular flexibility index (Phi) is 4.92. The second-order valence-electron chi connectivity index (χ2n) is 7.94. The molecule has 31 heavy (non-hydrogen) atoms. The van der Waals surface area contributed by atoms with E-state index >= 15 is 0 Å².